The van der Waals surface area contributed by atoms with Crippen molar-refractivity contribution in [2.75, 3.05) is 5.32 Å². The average Bonchev–Trinajstić information content (AvgIpc) is 3.02. The van der Waals surface area contributed by atoms with Crippen LogP contribution in [0.15, 0.2) is 30.3 Å². The number of hydrogen-bond acceptors (Lipinski definition) is 3. The number of hydrogen-bond donors (Lipinski definition) is 3. The van der Waals surface area contributed by atoms with Gasteiger partial charge in [-0.25, -0.2) is 8.78 Å². The molecule has 0 atom stereocenters. The Morgan fingerprint density at radius 1 is 1.21 bits per heavy atom. The van der Waals surface area contributed by atoms with Gasteiger partial charge in [0.1, 0.15) is 11.6 Å². The number of aryl methyl sites for hydroxylation is 2. The van der Waals surface area contributed by atoms with E-state index in [-0.39, 0.29) is 29.7 Å². The number of nitrogens with one attached hydrogen (secondary N) is 2. The number of carboxylic acids is 1. The van der Waals surface area contributed by atoms with E-state index in [1.54, 1.807) is 13.0 Å². The second-order valence-corrected chi connectivity index (χ2v) is 6.65. The second-order valence-electron chi connectivity index (χ2n) is 6.65. The van der Waals surface area contributed by atoms with Crippen LogP contribution in [-0.4, -0.2) is 27.2 Å². The van der Waals surface area contributed by atoms with Crippen LogP contribution < -0.4 is 5.32 Å². The Balaban J connectivity index is 1.83. The van der Waals surface area contributed by atoms with Crippen molar-refractivity contribution in [2.45, 2.75) is 26.7 Å². The molecule has 0 fully saturated rings. The summed E-state index contributed by atoms with van der Waals surface area (Å²) < 4.78 is 28.2. The SMILES string of the molecule is Cc1c(F)ccc(CCC(=O)O)c1NC(=O)/C=C/c1cc2[nH]nc(C)c2cc1F. The molecule has 1 aromatic heterocycles. The maximum Gasteiger partial charge on any atom is 0.303 e. The molecule has 0 spiro atoms. The Labute approximate surface area is 165 Å². The van der Waals surface area contributed by atoms with Gasteiger partial charge in [0.25, 0.3) is 0 Å². The smallest absolute Gasteiger partial charge is 0.303 e. The van der Waals surface area contributed by atoms with Gasteiger partial charge >= 0.3 is 5.97 Å². The molecule has 3 N–H and O–H groups in total. The minimum absolute atomic E-state index is 0.139. The summed E-state index contributed by atoms with van der Waals surface area (Å²) in [6.45, 7) is 3.25. The molecule has 0 radical (unpaired) electrons. The van der Waals surface area contributed by atoms with Crippen LogP contribution >= 0.6 is 0 Å². The number of benzene rings is 2. The van der Waals surface area contributed by atoms with E-state index in [9.17, 15) is 18.4 Å². The van der Waals surface area contributed by atoms with Crippen molar-refractivity contribution >= 4 is 34.5 Å². The maximum absolute atomic E-state index is 14.3. The number of fused-ring (bicyclic) bond motifs is 1. The number of nitrogens with zero attached hydrogens (tertiary/aromatic N) is 1. The molecule has 150 valence electrons. The molecule has 0 saturated carbocycles. The predicted octanol–water partition coefficient (Wildman–Crippen LogP) is 4.13. The first-order valence-corrected chi connectivity index (χ1v) is 8.89. The molecule has 0 aliphatic carbocycles. The minimum atomic E-state index is -0.996. The van der Waals surface area contributed by atoms with E-state index >= 15 is 0 Å². The first kappa shape index (κ1) is 20.2. The van der Waals surface area contributed by atoms with E-state index in [0.717, 1.165) is 6.08 Å². The fraction of sp³-hybridized carbons (Fsp3) is 0.190. The van der Waals surface area contributed by atoms with Crippen LogP contribution in [0.4, 0.5) is 14.5 Å². The van der Waals surface area contributed by atoms with Gasteiger partial charge in [-0.15, -0.1) is 0 Å². The summed E-state index contributed by atoms with van der Waals surface area (Å²) in [5, 5.41) is 18.9. The molecule has 0 bridgehead atoms. The van der Waals surface area contributed by atoms with Gasteiger partial charge in [-0.3, -0.25) is 14.7 Å². The summed E-state index contributed by atoms with van der Waals surface area (Å²) in [5.41, 5.74) is 2.44. The van der Waals surface area contributed by atoms with Crippen LogP contribution in [0.3, 0.4) is 0 Å². The number of amides is 1. The third-order valence-electron chi connectivity index (χ3n) is 4.63. The lowest BCUT2D eigenvalue weighted by Crippen LogP contribution is -2.13. The number of aromatic amines is 1. The number of aliphatic carboxylic acids is 1. The number of rotatable bonds is 6. The molecule has 0 aliphatic rings. The largest absolute Gasteiger partial charge is 0.481 e. The third-order valence-corrected chi connectivity index (χ3v) is 4.63. The molecule has 0 saturated heterocycles. The standard InChI is InChI=1S/C21H19F2N3O3/c1-11-16(22)6-3-13(5-8-20(28)29)21(11)24-19(27)7-4-14-9-18-15(10-17(14)23)12(2)25-26-18/h3-4,6-7,9-10H,5,8H2,1-2H3,(H,24,27)(H,25,26)(H,28,29)/b7-4+. The number of anilines is 1. The normalized spacial score (nSPS) is 11.3. The molecular formula is C21H19F2N3O3. The third kappa shape index (κ3) is 4.48. The molecule has 0 unspecified atom stereocenters. The average molecular weight is 399 g/mol. The molecule has 6 nitrogen and oxygen atoms in total. The molecule has 1 amide bonds. The fourth-order valence-electron chi connectivity index (χ4n) is 3.01. The summed E-state index contributed by atoms with van der Waals surface area (Å²) in [5.74, 6) is -2.61. The summed E-state index contributed by atoms with van der Waals surface area (Å²) in [7, 11) is 0. The van der Waals surface area contributed by atoms with Crippen molar-refractivity contribution in [1.29, 1.82) is 0 Å². The van der Waals surface area contributed by atoms with Crippen LogP contribution in [0.1, 0.15) is 28.8 Å². The molecule has 8 heteroatoms. The fourth-order valence-corrected chi connectivity index (χ4v) is 3.01. The topological polar surface area (TPSA) is 95.1 Å². The van der Waals surface area contributed by atoms with Gasteiger partial charge in [0.2, 0.25) is 5.91 Å². The van der Waals surface area contributed by atoms with E-state index in [2.05, 4.69) is 15.5 Å². The first-order chi connectivity index (χ1) is 13.8. The van der Waals surface area contributed by atoms with Crippen molar-refractivity contribution in [1.82, 2.24) is 10.2 Å². The number of carboxylic acid groups (broad SMARTS) is 1. The first-order valence-electron chi connectivity index (χ1n) is 8.89. The Bertz CT molecular complexity index is 1140. The van der Waals surface area contributed by atoms with E-state index < -0.39 is 23.5 Å². The van der Waals surface area contributed by atoms with E-state index in [4.69, 9.17) is 5.11 Å². The molecular weight excluding hydrogens is 380 g/mol. The number of aromatic nitrogens is 2. The van der Waals surface area contributed by atoms with Gasteiger partial charge < -0.3 is 10.4 Å². The van der Waals surface area contributed by atoms with Gasteiger partial charge in [-0.1, -0.05) is 6.07 Å². The Morgan fingerprint density at radius 3 is 2.69 bits per heavy atom. The highest BCUT2D eigenvalue weighted by molar-refractivity contribution is 6.03. The highest BCUT2D eigenvalue weighted by atomic mass is 19.1. The van der Waals surface area contributed by atoms with Crippen LogP contribution in [0, 0.1) is 25.5 Å². The van der Waals surface area contributed by atoms with Crippen molar-refractivity contribution < 1.29 is 23.5 Å². The van der Waals surface area contributed by atoms with E-state index in [1.807, 2.05) is 0 Å². The van der Waals surface area contributed by atoms with Crippen molar-refractivity contribution in [2.24, 2.45) is 0 Å². The van der Waals surface area contributed by atoms with Crippen molar-refractivity contribution in [3.05, 3.63) is 64.4 Å². The van der Waals surface area contributed by atoms with Gasteiger partial charge in [-0.2, -0.15) is 5.10 Å². The van der Waals surface area contributed by atoms with Crippen molar-refractivity contribution in [3.63, 3.8) is 0 Å². The predicted molar refractivity (Wildman–Crippen MR) is 106 cm³/mol. The summed E-state index contributed by atoms with van der Waals surface area (Å²) in [6.07, 6.45) is 2.43. The highest BCUT2D eigenvalue weighted by Gasteiger charge is 2.13. The van der Waals surface area contributed by atoms with Crippen LogP contribution in [0.5, 0.6) is 0 Å². The molecule has 3 rings (SSSR count). The number of carbonyl (C=O) groups is 2. The number of H-pyrrole nitrogens is 1. The monoisotopic (exact) mass is 399 g/mol. The van der Waals surface area contributed by atoms with Gasteiger partial charge in [0.05, 0.1) is 16.9 Å². The number of halogens is 2. The van der Waals surface area contributed by atoms with Crippen LogP contribution in [0.2, 0.25) is 0 Å². The van der Waals surface area contributed by atoms with Gasteiger partial charge in [0.15, 0.2) is 0 Å². The zero-order chi connectivity index (χ0) is 21.1. The molecule has 29 heavy (non-hydrogen) atoms. The summed E-state index contributed by atoms with van der Waals surface area (Å²) >= 11 is 0. The van der Waals surface area contributed by atoms with Crippen LogP contribution in [0.25, 0.3) is 17.0 Å². The molecule has 1 heterocycles. The number of carbonyl (C=O) groups excluding carboxylic acids is 1. The van der Waals surface area contributed by atoms with Crippen LogP contribution in [-0.2, 0) is 16.0 Å². The maximum atomic E-state index is 14.3. The van der Waals surface area contributed by atoms with Gasteiger partial charge in [0, 0.05) is 29.0 Å². The quantitative estimate of drug-likeness (QED) is 0.543. The van der Waals surface area contributed by atoms with E-state index in [1.165, 1.54) is 31.2 Å². The highest BCUT2D eigenvalue weighted by Crippen LogP contribution is 2.25. The summed E-state index contributed by atoms with van der Waals surface area (Å²) in [6, 6.07) is 5.56. The molecule has 3 aromatic rings. The Hall–Kier alpha value is -3.55. The molecule has 0 aliphatic heterocycles. The Kier molecular flexibility index (Phi) is 5.72. The Morgan fingerprint density at radius 2 is 1.97 bits per heavy atom. The van der Waals surface area contributed by atoms with E-state index in [0.29, 0.717) is 22.2 Å². The lowest BCUT2D eigenvalue weighted by Gasteiger charge is -2.13. The zero-order valence-electron chi connectivity index (χ0n) is 15.8. The van der Waals surface area contributed by atoms with Gasteiger partial charge in [-0.05, 0) is 50.1 Å². The summed E-state index contributed by atoms with van der Waals surface area (Å²) in [4.78, 5) is 23.2. The zero-order valence-corrected chi connectivity index (χ0v) is 15.8. The molecule has 2 aromatic carbocycles. The lowest BCUT2D eigenvalue weighted by atomic mass is 10.0. The lowest BCUT2D eigenvalue weighted by molar-refractivity contribution is -0.136. The second kappa shape index (κ2) is 8.22. The minimum Gasteiger partial charge on any atom is -0.481 e. The van der Waals surface area contributed by atoms with Crippen molar-refractivity contribution in [3.8, 4) is 0 Å².